The van der Waals surface area contributed by atoms with Crippen LogP contribution in [-0.2, 0) is 31.0 Å². The van der Waals surface area contributed by atoms with Gasteiger partial charge < -0.3 is 15.4 Å². The van der Waals surface area contributed by atoms with Gasteiger partial charge in [0.15, 0.2) is 5.96 Å². The highest BCUT2D eigenvalue weighted by Gasteiger charge is 2.06. The van der Waals surface area contributed by atoms with Crippen LogP contribution in [0.25, 0.3) is 0 Å². The predicted octanol–water partition coefficient (Wildman–Crippen LogP) is 3.70. The standard InChI is InChI=1S/C22H26FN5O.HI/c1-24-22(25-13-17-8-9-21(23)20(12-17)16-29-2)26-14-18-6-3-4-7-19(18)15-28-11-5-10-27-28;/h3-12H,13-16H2,1-2H3,(H2,24,25,26);1H. The van der Waals surface area contributed by atoms with Crippen molar-refractivity contribution in [3.05, 3.63) is 89.0 Å². The molecular formula is C22H27FIN5O. The third-order valence-corrected chi connectivity index (χ3v) is 4.55. The maximum Gasteiger partial charge on any atom is 0.191 e. The monoisotopic (exact) mass is 523 g/mol. The lowest BCUT2D eigenvalue weighted by Crippen LogP contribution is -2.36. The van der Waals surface area contributed by atoms with Crippen LogP contribution in [-0.4, -0.2) is 29.9 Å². The largest absolute Gasteiger partial charge is 0.380 e. The summed E-state index contributed by atoms with van der Waals surface area (Å²) in [5.74, 6) is 0.420. The van der Waals surface area contributed by atoms with Gasteiger partial charge in [-0.15, -0.1) is 24.0 Å². The molecule has 2 aromatic carbocycles. The fraction of sp³-hybridized carbons (Fsp3) is 0.273. The second kappa shape index (κ2) is 12.3. The maximum atomic E-state index is 13.8. The quantitative estimate of drug-likeness (QED) is 0.269. The van der Waals surface area contributed by atoms with E-state index in [9.17, 15) is 4.39 Å². The molecule has 2 N–H and O–H groups in total. The Hall–Kier alpha value is -2.46. The number of ether oxygens (including phenoxy) is 1. The van der Waals surface area contributed by atoms with Gasteiger partial charge in [-0.1, -0.05) is 30.3 Å². The van der Waals surface area contributed by atoms with Crippen LogP contribution in [0.2, 0.25) is 0 Å². The molecular weight excluding hydrogens is 496 g/mol. The first-order valence-corrected chi connectivity index (χ1v) is 9.44. The number of nitrogens with zero attached hydrogens (tertiary/aromatic N) is 3. The summed E-state index contributed by atoms with van der Waals surface area (Å²) in [5, 5.41) is 10.9. The van der Waals surface area contributed by atoms with Crippen LogP contribution in [0.15, 0.2) is 65.9 Å². The summed E-state index contributed by atoms with van der Waals surface area (Å²) in [4.78, 5) is 4.28. The molecule has 0 atom stereocenters. The van der Waals surface area contributed by atoms with E-state index in [-0.39, 0.29) is 36.4 Å². The zero-order chi connectivity index (χ0) is 20.5. The zero-order valence-electron chi connectivity index (χ0n) is 17.1. The molecule has 1 heterocycles. The van der Waals surface area contributed by atoms with E-state index in [2.05, 4.69) is 32.9 Å². The topological polar surface area (TPSA) is 63.5 Å². The molecule has 8 heteroatoms. The van der Waals surface area contributed by atoms with Crippen molar-refractivity contribution in [1.82, 2.24) is 20.4 Å². The highest BCUT2D eigenvalue weighted by atomic mass is 127. The highest BCUT2D eigenvalue weighted by molar-refractivity contribution is 14.0. The average Bonchev–Trinajstić information content (AvgIpc) is 3.25. The summed E-state index contributed by atoms with van der Waals surface area (Å²) in [6, 6.07) is 15.2. The smallest absolute Gasteiger partial charge is 0.191 e. The highest BCUT2D eigenvalue weighted by Crippen LogP contribution is 2.12. The van der Waals surface area contributed by atoms with Gasteiger partial charge in [-0.05, 0) is 34.9 Å². The van der Waals surface area contributed by atoms with Gasteiger partial charge in [0.1, 0.15) is 5.82 Å². The van der Waals surface area contributed by atoms with E-state index >= 15 is 0 Å². The molecule has 0 radical (unpaired) electrons. The number of aliphatic imine (C=N–C) groups is 1. The van der Waals surface area contributed by atoms with Crippen LogP contribution in [0.1, 0.15) is 22.3 Å². The Morgan fingerprint density at radius 1 is 1.07 bits per heavy atom. The Morgan fingerprint density at radius 2 is 1.83 bits per heavy atom. The fourth-order valence-electron chi connectivity index (χ4n) is 3.04. The van der Waals surface area contributed by atoms with E-state index in [1.807, 2.05) is 29.1 Å². The van der Waals surface area contributed by atoms with Gasteiger partial charge in [-0.2, -0.15) is 5.10 Å². The minimum atomic E-state index is -0.258. The van der Waals surface area contributed by atoms with Gasteiger partial charge in [0.05, 0.1) is 13.2 Å². The number of benzene rings is 2. The van der Waals surface area contributed by atoms with E-state index in [1.165, 1.54) is 17.2 Å². The van der Waals surface area contributed by atoms with Crippen molar-refractivity contribution in [2.45, 2.75) is 26.2 Å². The van der Waals surface area contributed by atoms with Crippen LogP contribution >= 0.6 is 24.0 Å². The maximum absolute atomic E-state index is 13.8. The fourth-order valence-corrected chi connectivity index (χ4v) is 3.04. The van der Waals surface area contributed by atoms with Gasteiger partial charge in [0, 0.05) is 45.2 Å². The van der Waals surface area contributed by atoms with Crippen molar-refractivity contribution in [2.24, 2.45) is 4.99 Å². The van der Waals surface area contributed by atoms with Gasteiger partial charge in [-0.25, -0.2) is 4.39 Å². The first kappa shape index (κ1) is 23.8. The van der Waals surface area contributed by atoms with E-state index in [0.717, 1.165) is 12.1 Å². The molecule has 3 rings (SSSR count). The summed E-state index contributed by atoms with van der Waals surface area (Å²) >= 11 is 0. The minimum absolute atomic E-state index is 0. The molecule has 0 aliphatic carbocycles. The van der Waals surface area contributed by atoms with Crippen molar-refractivity contribution in [3.63, 3.8) is 0 Å². The lowest BCUT2D eigenvalue weighted by molar-refractivity contribution is 0.181. The van der Waals surface area contributed by atoms with Crippen molar-refractivity contribution < 1.29 is 9.13 Å². The number of nitrogens with one attached hydrogen (secondary N) is 2. The Morgan fingerprint density at radius 3 is 2.53 bits per heavy atom. The Bertz CT molecular complexity index is 946. The van der Waals surface area contributed by atoms with E-state index in [1.54, 1.807) is 32.5 Å². The number of hydrogen-bond acceptors (Lipinski definition) is 3. The number of aromatic nitrogens is 2. The molecule has 0 aliphatic heterocycles. The Balaban J connectivity index is 0.00000320. The summed E-state index contributed by atoms with van der Waals surface area (Å²) in [7, 11) is 3.28. The third-order valence-electron chi connectivity index (χ3n) is 4.55. The second-order valence-electron chi connectivity index (χ2n) is 6.61. The first-order valence-electron chi connectivity index (χ1n) is 9.44. The van der Waals surface area contributed by atoms with E-state index < -0.39 is 0 Å². The van der Waals surface area contributed by atoms with Gasteiger partial charge in [0.2, 0.25) is 0 Å². The van der Waals surface area contributed by atoms with Crippen molar-refractivity contribution >= 4 is 29.9 Å². The number of guanidine groups is 1. The number of hydrogen-bond donors (Lipinski definition) is 2. The predicted molar refractivity (Wildman–Crippen MR) is 127 cm³/mol. The van der Waals surface area contributed by atoms with Gasteiger partial charge >= 0.3 is 0 Å². The zero-order valence-corrected chi connectivity index (χ0v) is 19.5. The molecule has 6 nitrogen and oxygen atoms in total. The summed E-state index contributed by atoms with van der Waals surface area (Å²) in [6.45, 7) is 2.13. The number of halogens is 2. The normalized spacial score (nSPS) is 11.1. The summed E-state index contributed by atoms with van der Waals surface area (Å²) in [5.41, 5.74) is 3.87. The molecule has 0 unspecified atom stereocenters. The van der Waals surface area contributed by atoms with Crippen LogP contribution in [0.3, 0.4) is 0 Å². The summed E-state index contributed by atoms with van der Waals surface area (Å²) < 4.78 is 20.7. The Kier molecular flexibility index (Phi) is 9.75. The molecule has 0 bridgehead atoms. The van der Waals surface area contributed by atoms with Gasteiger partial charge in [-0.3, -0.25) is 9.67 Å². The molecule has 0 aliphatic rings. The molecule has 0 saturated heterocycles. The van der Waals surface area contributed by atoms with Crippen molar-refractivity contribution in [2.75, 3.05) is 14.2 Å². The van der Waals surface area contributed by atoms with Crippen molar-refractivity contribution in [1.29, 1.82) is 0 Å². The first-order chi connectivity index (χ1) is 14.2. The van der Waals surface area contributed by atoms with Gasteiger partial charge in [0.25, 0.3) is 0 Å². The number of methoxy groups -OCH3 is 1. The van der Waals surface area contributed by atoms with Crippen LogP contribution < -0.4 is 10.6 Å². The lowest BCUT2D eigenvalue weighted by atomic mass is 10.1. The molecule has 1 aromatic heterocycles. The summed E-state index contributed by atoms with van der Waals surface area (Å²) in [6.07, 6.45) is 3.73. The van der Waals surface area contributed by atoms with E-state index in [0.29, 0.717) is 24.6 Å². The molecule has 0 saturated carbocycles. The van der Waals surface area contributed by atoms with E-state index in [4.69, 9.17) is 4.74 Å². The van der Waals surface area contributed by atoms with Crippen LogP contribution in [0.4, 0.5) is 4.39 Å². The molecule has 0 spiro atoms. The van der Waals surface area contributed by atoms with Crippen molar-refractivity contribution in [3.8, 4) is 0 Å². The van der Waals surface area contributed by atoms with Crippen LogP contribution in [0, 0.1) is 5.82 Å². The van der Waals surface area contributed by atoms with Crippen LogP contribution in [0.5, 0.6) is 0 Å². The third kappa shape index (κ3) is 6.81. The minimum Gasteiger partial charge on any atom is -0.380 e. The molecule has 0 fully saturated rings. The molecule has 0 amide bonds. The number of rotatable bonds is 8. The molecule has 160 valence electrons. The SMILES string of the molecule is CN=C(NCc1ccc(F)c(COC)c1)NCc1ccccc1Cn1cccn1.I. The second-order valence-corrected chi connectivity index (χ2v) is 6.61. The molecule has 3 aromatic rings. The average molecular weight is 523 g/mol. The Labute approximate surface area is 193 Å². The lowest BCUT2D eigenvalue weighted by Gasteiger charge is -2.15. The molecule has 30 heavy (non-hydrogen) atoms.